The number of aromatic hydroxyl groups is 1. The quantitative estimate of drug-likeness (QED) is 0.900. The smallest absolute Gasteiger partial charge is 0.258 e. The van der Waals surface area contributed by atoms with Gasteiger partial charge in [-0.15, -0.1) is 0 Å². The Hall–Kier alpha value is -2.50. The second kappa shape index (κ2) is 4.88. The second-order valence-electron chi connectivity index (χ2n) is 4.72. The van der Waals surface area contributed by atoms with E-state index in [2.05, 4.69) is 15.3 Å². The minimum atomic E-state index is -0.780. The molecule has 1 aromatic heterocycles. The summed E-state index contributed by atoms with van der Waals surface area (Å²) in [6.45, 7) is 0. The molecule has 1 heterocycles. The molecule has 102 valence electrons. The Kier molecular flexibility index (Phi) is 3.06. The maximum Gasteiger partial charge on any atom is 0.258 e. The summed E-state index contributed by atoms with van der Waals surface area (Å²) in [6.07, 6.45) is 5.22. The Morgan fingerprint density at radius 2 is 2.00 bits per heavy atom. The highest BCUT2D eigenvalue weighted by molar-refractivity contribution is 6.04. The van der Waals surface area contributed by atoms with E-state index in [1.54, 1.807) is 0 Å². The average molecular weight is 273 g/mol. The van der Waals surface area contributed by atoms with Crippen molar-refractivity contribution in [2.24, 2.45) is 0 Å². The maximum absolute atomic E-state index is 13.5. The zero-order valence-electron chi connectivity index (χ0n) is 10.5. The van der Waals surface area contributed by atoms with Gasteiger partial charge < -0.3 is 10.4 Å². The van der Waals surface area contributed by atoms with Crippen LogP contribution < -0.4 is 5.32 Å². The first-order chi connectivity index (χ1) is 9.63. The van der Waals surface area contributed by atoms with Crippen LogP contribution in [0, 0.1) is 5.82 Å². The molecule has 1 saturated carbocycles. The van der Waals surface area contributed by atoms with Crippen LogP contribution in [0.25, 0.3) is 0 Å². The fourth-order valence-electron chi connectivity index (χ4n) is 1.84. The van der Waals surface area contributed by atoms with Crippen LogP contribution in [-0.4, -0.2) is 21.0 Å². The molecule has 0 saturated heterocycles. The number of nitrogens with one attached hydrogen (secondary N) is 1. The number of anilines is 1. The number of aromatic nitrogens is 2. The standard InChI is InChI=1S/C14H12FN3O2/c15-12-5-10(19)3-4-11(12)14(20)18-9-6-16-13(17-7-9)8-1-2-8/h3-8,19H,1-2H2,(H,18,20). The van der Waals surface area contributed by atoms with E-state index in [-0.39, 0.29) is 11.3 Å². The number of nitrogens with zero attached hydrogens (tertiary/aromatic N) is 2. The molecule has 0 spiro atoms. The van der Waals surface area contributed by atoms with E-state index in [9.17, 15) is 9.18 Å². The Morgan fingerprint density at radius 1 is 1.30 bits per heavy atom. The molecule has 1 aromatic carbocycles. The minimum absolute atomic E-state index is 0.144. The van der Waals surface area contributed by atoms with Gasteiger partial charge in [-0.2, -0.15) is 0 Å². The second-order valence-corrected chi connectivity index (χ2v) is 4.72. The molecule has 0 radical (unpaired) electrons. The molecule has 5 nitrogen and oxygen atoms in total. The molecule has 1 amide bonds. The summed E-state index contributed by atoms with van der Waals surface area (Å²) in [5.74, 6) is -0.396. The van der Waals surface area contributed by atoms with Crippen LogP contribution in [0.4, 0.5) is 10.1 Å². The highest BCUT2D eigenvalue weighted by atomic mass is 19.1. The number of rotatable bonds is 3. The molecule has 2 N–H and O–H groups in total. The highest BCUT2D eigenvalue weighted by Crippen LogP contribution is 2.37. The van der Waals surface area contributed by atoms with Gasteiger partial charge in [0.05, 0.1) is 23.6 Å². The van der Waals surface area contributed by atoms with E-state index in [1.165, 1.54) is 24.5 Å². The summed E-state index contributed by atoms with van der Waals surface area (Å²) in [7, 11) is 0. The molecular formula is C14H12FN3O2. The van der Waals surface area contributed by atoms with Gasteiger partial charge in [0.1, 0.15) is 17.4 Å². The van der Waals surface area contributed by atoms with Gasteiger partial charge in [-0.05, 0) is 25.0 Å². The Balaban J connectivity index is 1.74. The van der Waals surface area contributed by atoms with Crippen LogP contribution in [0.3, 0.4) is 0 Å². The van der Waals surface area contributed by atoms with Crippen LogP contribution in [0.1, 0.15) is 34.9 Å². The number of benzene rings is 1. The number of hydrogen-bond donors (Lipinski definition) is 2. The summed E-state index contributed by atoms with van der Waals surface area (Å²) >= 11 is 0. The fraction of sp³-hybridized carbons (Fsp3) is 0.214. The maximum atomic E-state index is 13.5. The van der Waals surface area contributed by atoms with Crippen molar-refractivity contribution in [2.75, 3.05) is 5.32 Å². The molecule has 3 rings (SSSR count). The lowest BCUT2D eigenvalue weighted by atomic mass is 10.2. The third-order valence-corrected chi connectivity index (χ3v) is 3.07. The van der Waals surface area contributed by atoms with Crippen molar-refractivity contribution in [3.63, 3.8) is 0 Å². The molecule has 0 aliphatic heterocycles. The van der Waals surface area contributed by atoms with Crippen molar-refractivity contribution in [3.8, 4) is 5.75 Å². The van der Waals surface area contributed by atoms with Crippen molar-refractivity contribution in [3.05, 3.63) is 47.8 Å². The van der Waals surface area contributed by atoms with E-state index < -0.39 is 11.7 Å². The molecule has 2 aromatic rings. The summed E-state index contributed by atoms with van der Waals surface area (Å²) in [5, 5.41) is 11.6. The van der Waals surface area contributed by atoms with Crippen LogP contribution in [0.15, 0.2) is 30.6 Å². The van der Waals surface area contributed by atoms with Gasteiger partial charge in [-0.25, -0.2) is 14.4 Å². The molecule has 1 fully saturated rings. The minimum Gasteiger partial charge on any atom is -0.508 e. The van der Waals surface area contributed by atoms with Crippen molar-refractivity contribution in [1.82, 2.24) is 9.97 Å². The third-order valence-electron chi connectivity index (χ3n) is 3.07. The largest absolute Gasteiger partial charge is 0.508 e. The third kappa shape index (κ3) is 2.59. The molecule has 0 unspecified atom stereocenters. The van der Waals surface area contributed by atoms with Crippen molar-refractivity contribution >= 4 is 11.6 Å². The number of hydrogen-bond acceptors (Lipinski definition) is 4. The number of amides is 1. The predicted molar refractivity (Wildman–Crippen MR) is 70.0 cm³/mol. The van der Waals surface area contributed by atoms with E-state index in [4.69, 9.17) is 5.11 Å². The van der Waals surface area contributed by atoms with Gasteiger partial charge >= 0.3 is 0 Å². The van der Waals surface area contributed by atoms with Crippen molar-refractivity contribution in [2.45, 2.75) is 18.8 Å². The van der Waals surface area contributed by atoms with E-state index in [1.807, 2.05) is 0 Å². The summed E-state index contributed by atoms with van der Waals surface area (Å²) in [4.78, 5) is 20.2. The van der Waals surface area contributed by atoms with Gasteiger partial charge in [-0.3, -0.25) is 4.79 Å². The molecule has 0 atom stereocenters. The Labute approximate surface area is 114 Å². The Bertz CT molecular complexity index is 654. The van der Waals surface area contributed by atoms with E-state index in [0.717, 1.165) is 24.7 Å². The molecule has 1 aliphatic rings. The van der Waals surface area contributed by atoms with Gasteiger partial charge in [-0.1, -0.05) is 0 Å². The van der Waals surface area contributed by atoms with Gasteiger partial charge in [0.2, 0.25) is 0 Å². The van der Waals surface area contributed by atoms with Crippen LogP contribution >= 0.6 is 0 Å². The highest BCUT2D eigenvalue weighted by Gasteiger charge is 2.26. The van der Waals surface area contributed by atoms with Gasteiger partial charge in [0, 0.05) is 12.0 Å². The lowest BCUT2D eigenvalue weighted by molar-refractivity contribution is 0.102. The van der Waals surface area contributed by atoms with E-state index >= 15 is 0 Å². The lowest BCUT2D eigenvalue weighted by Crippen LogP contribution is -2.14. The number of carbonyl (C=O) groups excluding carboxylic acids is 1. The summed E-state index contributed by atoms with van der Waals surface area (Å²) in [6, 6.07) is 3.37. The van der Waals surface area contributed by atoms with Crippen LogP contribution in [0.2, 0.25) is 0 Å². The topological polar surface area (TPSA) is 75.1 Å². The number of phenolic OH excluding ortho intramolecular Hbond substituents is 1. The normalized spacial score (nSPS) is 14.1. The SMILES string of the molecule is O=C(Nc1cnc(C2CC2)nc1)c1ccc(O)cc1F. The number of carbonyl (C=O) groups is 1. The molecular weight excluding hydrogens is 261 g/mol. The van der Waals surface area contributed by atoms with Crippen LogP contribution in [-0.2, 0) is 0 Å². The predicted octanol–water partition coefficient (Wildman–Crippen LogP) is 2.45. The number of halogens is 1. The van der Waals surface area contributed by atoms with Gasteiger partial charge in [0.25, 0.3) is 5.91 Å². The first kappa shape index (κ1) is 12.5. The average Bonchev–Trinajstić information content (AvgIpc) is 3.23. The lowest BCUT2D eigenvalue weighted by Gasteiger charge is -2.06. The summed E-state index contributed by atoms with van der Waals surface area (Å²) in [5.41, 5.74) is 0.265. The van der Waals surface area contributed by atoms with E-state index in [0.29, 0.717) is 11.6 Å². The fourth-order valence-corrected chi connectivity index (χ4v) is 1.84. The first-order valence-electron chi connectivity index (χ1n) is 6.25. The molecule has 20 heavy (non-hydrogen) atoms. The zero-order valence-corrected chi connectivity index (χ0v) is 10.5. The number of phenols is 1. The monoisotopic (exact) mass is 273 g/mol. The van der Waals surface area contributed by atoms with Crippen molar-refractivity contribution in [1.29, 1.82) is 0 Å². The molecule has 1 aliphatic carbocycles. The zero-order chi connectivity index (χ0) is 14.1. The van der Waals surface area contributed by atoms with Crippen molar-refractivity contribution < 1.29 is 14.3 Å². The first-order valence-corrected chi connectivity index (χ1v) is 6.25. The summed E-state index contributed by atoms with van der Waals surface area (Å²) < 4.78 is 13.5. The van der Waals surface area contributed by atoms with Gasteiger partial charge in [0.15, 0.2) is 0 Å². The molecule has 6 heteroatoms. The Morgan fingerprint density at radius 3 is 2.60 bits per heavy atom. The van der Waals surface area contributed by atoms with Crippen LogP contribution in [0.5, 0.6) is 5.75 Å². The molecule has 0 bridgehead atoms.